The molecule has 3 nitrogen and oxygen atoms in total. The topological polar surface area (TPSA) is 17.4 Å². The predicted octanol–water partition coefficient (Wildman–Crippen LogP) is 4.26. The fraction of sp³-hybridized carbons (Fsp3) is 0.421. The van der Waals surface area contributed by atoms with Crippen LogP contribution in [0.15, 0.2) is 30.3 Å². The van der Waals surface area contributed by atoms with Gasteiger partial charge >= 0.3 is 0 Å². The molecule has 0 atom stereocenters. The van der Waals surface area contributed by atoms with Gasteiger partial charge in [0.05, 0.1) is 7.11 Å². The average molecular weight is 328 g/mol. The molecule has 1 saturated heterocycles. The largest absolute Gasteiger partial charge is 0.497 e. The molecule has 3 rings (SSSR count). The first kappa shape index (κ1) is 16.1. The van der Waals surface area contributed by atoms with Gasteiger partial charge in [0.2, 0.25) is 0 Å². The summed E-state index contributed by atoms with van der Waals surface area (Å²) in [5, 5.41) is 0. The summed E-state index contributed by atoms with van der Waals surface area (Å²) in [4.78, 5) is 3.36. The van der Waals surface area contributed by atoms with Crippen molar-refractivity contribution in [2.75, 3.05) is 20.2 Å². The predicted molar refractivity (Wildman–Crippen MR) is 98.9 cm³/mol. The van der Waals surface area contributed by atoms with Crippen molar-refractivity contribution in [3.05, 3.63) is 47.3 Å². The van der Waals surface area contributed by atoms with Gasteiger partial charge < -0.3 is 14.2 Å². The molecule has 1 aliphatic heterocycles. The molecule has 0 aliphatic carbocycles. The summed E-state index contributed by atoms with van der Waals surface area (Å²) in [6, 6.07) is 10.4. The molecule has 1 aromatic heterocycles. The van der Waals surface area contributed by atoms with Crippen molar-refractivity contribution >= 4 is 17.2 Å². The maximum Gasteiger partial charge on any atom is 0.119 e. The molecule has 4 heteroatoms. The van der Waals surface area contributed by atoms with Gasteiger partial charge in [0.1, 0.15) is 10.7 Å². The average Bonchev–Trinajstić information content (AvgIpc) is 2.89. The Hall–Kier alpha value is -1.81. The van der Waals surface area contributed by atoms with Crippen LogP contribution in [0.1, 0.15) is 36.2 Å². The number of nitrogens with zero attached hydrogens (tertiary/aromatic N) is 2. The van der Waals surface area contributed by atoms with E-state index in [4.69, 9.17) is 17.0 Å². The zero-order valence-corrected chi connectivity index (χ0v) is 14.9. The smallest absolute Gasteiger partial charge is 0.119 e. The minimum absolute atomic E-state index is 0.875. The second-order valence-electron chi connectivity index (χ2n) is 6.17. The molecule has 0 bridgehead atoms. The third-order valence-electron chi connectivity index (χ3n) is 4.64. The number of piperidine rings is 1. The van der Waals surface area contributed by atoms with Gasteiger partial charge in [0, 0.05) is 35.7 Å². The zero-order chi connectivity index (χ0) is 16.4. The normalized spacial score (nSPS) is 14.8. The van der Waals surface area contributed by atoms with Crippen LogP contribution in [-0.2, 0) is 0 Å². The van der Waals surface area contributed by atoms with E-state index in [1.807, 2.05) is 12.1 Å². The first-order valence-corrected chi connectivity index (χ1v) is 8.65. The van der Waals surface area contributed by atoms with Gasteiger partial charge in [-0.1, -0.05) is 12.2 Å². The Morgan fingerprint density at radius 3 is 2.30 bits per heavy atom. The van der Waals surface area contributed by atoms with Crippen molar-refractivity contribution in [3.8, 4) is 11.4 Å². The van der Waals surface area contributed by atoms with Gasteiger partial charge in [-0.15, -0.1) is 0 Å². The quantitative estimate of drug-likeness (QED) is 0.784. The van der Waals surface area contributed by atoms with Crippen LogP contribution in [0.2, 0.25) is 0 Å². The van der Waals surface area contributed by atoms with Crippen molar-refractivity contribution < 1.29 is 4.74 Å². The minimum Gasteiger partial charge on any atom is -0.497 e. The minimum atomic E-state index is 0.875. The summed E-state index contributed by atoms with van der Waals surface area (Å²) in [5.74, 6) is 0.875. The fourth-order valence-electron chi connectivity index (χ4n) is 3.38. The molecule has 122 valence electrons. The van der Waals surface area contributed by atoms with E-state index in [1.165, 1.54) is 36.2 Å². The van der Waals surface area contributed by atoms with Crippen molar-refractivity contribution in [1.29, 1.82) is 0 Å². The van der Waals surface area contributed by atoms with Gasteiger partial charge in [-0.2, -0.15) is 0 Å². The highest BCUT2D eigenvalue weighted by molar-refractivity contribution is 7.80. The molecule has 1 aromatic carbocycles. The van der Waals surface area contributed by atoms with E-state index in [0.717, 1.165) is 29.5 Å². The lowest BCUT2D eigenvalue weighted by atomic mass is 10.1. The van der Waals surface area contributed by atoms with Crippen LogP contribution >= 0.6 is 12.2 Å². The second kappa shape index (κ2) is 6.75. The summed E-state index contributed by atoms with van der Waals surface area (Å²) in [7, 11) is 1.69. The molecule has 0 N–H and O–H groups in total. The highest BCUT2D eigenvalue weighted by Crippen LogP contribution is 2.25. The monoisotopic (exact) mass is 328 g/mol. The Balaban J connectivity index is 1.93. The van der Waals surface area contributed by atoms with Crippen molar-refractivity contribution in [1.82, 2.24) is 9.47 Å². The summed E-state index contributed by atoms with van der Waals surface area (Å²) in [6.45, 7) is 6.47. The van der Waals surface area contributed by atoms with E-state index in [-0.39, 0.29) is 0 Å². The lowest BCUT2D eigenvalue weighted by molar-refractivity contribution is 0.347. The number of aryl methyl sites for hydroxylation is 1. The van der Waals surface area contributed by atoms with Crippen molar-refractivity contribution in [2.45, 2.75) is 33.1 Å². The third-order valence-corrected chi connectivity index (χ3v) is 5.11. The van der Waals surface area contributed by atoms with Crippen LogP contribution in [0.3, 0.4) is 0 Å². The van der Waals surface area contributed by atoms with Crippen LogP contribution in [0.5, 0.6) is 5.75 Å². The third kappa shape index (κ3) is 3.13. The van der Waals surface area contributed by atoms with Crippen LogP contribution in [0.4, 0.5) is 0 Å². The molecule has 1 aliphatic rings. The highest BCUT2D eigenvalue weighted by atomic mass is 32.1. The van der Waals surface area contributed by atoms with Crippen LogP contribution in [0, 0.1) is 13.8 Å². The van der Waals surface area contributed by atoms with E-state index in [1.54, 1.807) is 7.11 Å². The number of methoxy groups -OCH3 is 1. The maximum absolute atomic E-state index is 5.78. The molecule has 2 heterocycles. The highest BCUT2D eigenvalue weighted by Gasteiger charge is 2.20. The first-order valence-electron chi connectivity index (χ1n) is 8.24. The van der Waals surface area contributed by atoms with E-state index >= 15 is 0 Å². The number of hydrogen-bond acceptors (Lipinski definition) is 2. The Bertz CT molecular complexity index is 697. The summed E-state index contributed by atoms with van der Waals surface area (Å²) in [6.07, 6.45) is 3.82. The number of thiocarbonyl (C=S) groups is 1. The molecule has 0 radical (unpaired) electrons. The maximum atomic E-state index is 5.78. The lowest BCUT2D eigenvalue weighted by Crippen LogP contribution is -2.35. The molecule has 1 fully saturated rings. The van der Waals surface area contributed by atoms with Crippen molar-refractivity contribution in [3.63, 3.8) is 0 Å². The van der Waals surface area contributed by atoms with E-state index in [0.29, 0.717) is 0 Å². The Kier molecular flexibility index (Phi) is 4.71. The number of rotatable bonds is 3. The number of benzene rings is 1. The molecule has 0 spiro atoms. The van der Waals surface area contributed by atoms with Crippen LogP contribution < -0.4 is 4.74 Å². The lowest BCUT2D eigenvalue weighted by Gasteiger charge is -2.29. The van der Waals surface area contributed by atoms with E-state index in [2.05, 4.69) is 41.5 Å². The molecular weight excluding hydrogens is 304 g/mol. The van der Waals surface area contributed by atoms with Gasteiger partial charge in [0.25, 0.3) is 0 Å². The molecule has 0 saturated carbocycles. The molecule has 0 unspecified atom stereocenters. The number of likely N-dealkylation sites (tertiary alicyclic amines) is 1. The summed E-state index contributed by atoms with van der Waals surface area (Å²) >= 11 is 5.78. The zero-order valence-electron chi connectivity index (χ0n) is 14.1. The van der Waals surface area contributed by atoms with Gasteiger partial charge in [-0.3, -0.25) is 0 Å². The van der Waals surface area contributed by atoms with Gasteiger partial charge in [-0.25, -0.2) is 0 Å². The van der Waals surface area contributed by atoms with Crippen LogP contribution in [-0.4, -0.2) is 34.7 Å². The SMILES string of the molecule is COc1ccc(-n2c(C)cc(C(=S)N3CCCCC3)c2C)cc1. The molecule has 2 aromatic rings. The van der Waals surface area contributed by atoms with Gasteiger partial charge in [-0.05, 0) is 63.4 Å². The number of ether oxygens (including phenoxy) is 1. The fourth-order valence-corrected chi connectivity index (χ4v) is 3.76. The standard InChI is InChI=1S/C19H24N2OS/c1-14-13-18(19(23)20-11-5-4-6-12-20)15(2)21(14)16-7-9-17(22-3)10-8-16/h7-10,13H,4-6,11-12H2,1-3H3. The van der Waals surface area contributed by atoms with Crippen LogP contribution in [0.25, 0.3) is 5.69 Å². The number of hydrogen-bond donors (Lipinski definition) is 0. The molecule has 0 amide bonds. The Morgan fingerprint density at radius 2 is 1.70 bits per heavy atom. The van der Waals surface area contributed by atoms with Gasteiger partial charge in [0.15, 0.2) is 0 Å². The molecular formula is C19H24N2OS. The Labute approximate surface area is 143 Å². The van der Waals surface area contributed by atoms with E-state index in [9.17, 15) is 0 Å². The van der Waals surface area contributed by atoms with Crippen molar-refractivity contribution in [2.24, 2.45) is 0 Å². The first-order chi connectivity index (χ1) is 11.1. The second-order valence-corrected chi connectivity index (χ2v) is 6.56. The van der Waals surface area contributed by atoms with E-state index < -0.39 is 0 Å². The Morgan fingerprint density at radius 1 is 1.04 bits per heavy atom. The molecule has 23 heavy (non-hydrogen) atoms. The number of aromatic nitrogens is 1. The summed E-state index contributed by atoms with van der Waals surface area (Å²) in [5.41, 5.74) is 4.76. The summed E-state index contributed by atoms with van der Waals surface area (Å²) < 4.78 is 7.52.